The second-order valence-corrected chi connectivity index (χ2v) is 7.61. The lowest BCUT2D eigenvalue weighted by molar-refractivity contribution is 0.832. The van der Waals surface area contributed by atoms with Crippen molar-refractivity contribution in [3.63, 3.8) is 0 Å². The maximum Gasteiger partial charge on any atom is 0.235 e. The van der Waals surface area contributed by atoms with Crippen molar-refractivity contribution in [2.45, 2.75) is 19.8 Å². The lowest BCUT2D eigenvalue weighted by Crippen LogP contribution is -1.92. The third-order valence-corrected chi connectivity index (χ3v) is 5.44. The van der Waals surface area contributed by atoms with Gasteiger partial charge in [0.05, 0.1) is 5.69 Å². The van der Waals surface area contributed by atoms with E-state index in [2.05, 4.69) is 39.5 Å². The predicted molar refractivity (Wildman–Crippen MR) is 94.3 cm³/mol. The van der Waals surface area contributed by atoms with Crippen LogP contribution in [0.1, 0.15) is 25.5 Å². The summed E-state index contributed by atoms with van der Waals surface area (Å²) < 4.78 is 1.76. The molecule has 0 amide bonds. The Morgan fingerprint density at radius 2 is 1.87 bits per heavy atom. The summed E-state index contributed by atoms with van der Waals surface area (Å²) in [7, 11) is 0. The molecule has 0 saturated heterocycles. The van der Waals surface area contributed by atoms with Gasteiger partial charge >= 0.3 is 0 Å². The first-order chi connectivity index (χ1) is 11.1. The second kappa shape index (κ2) is 5.67. The van der Waals surface area contributed by atoms with E-state index in [1.54, 1.807) is 15.9 Å². The molecular weight excluding hydrogens is 350 g/mol. The number of aromatic nitrogens is 5. The smallest absolute Gasteiger partial charge is 0.235 e. The highest BCUT2D eigenvalue weighted by Crippen LogP contribution is 2.30. The van der Waals surface area contributed by atoms with E-state index in [0.29, 0.717) is 16.8 Å². The average molecular weight is 362 g/mol. The van der Waals surface area contributed by atoms with Gasteiger partial charge in [0, 0.05) is 16.0 Å². The molecule has 8 heteroatoms. The molecule has 0 bridgehead atoms. The topological polar surface area (TPSA) is 56.0 Å². The molecule has 0 aliphatic rings. The normalized spacial score (nSPS) is 11.7. The zero-order valence-electron chi connectivity index (χ0n) is 12.4. The van der Waals surface area contributed by atoms with Crippen LogP contribution in [-0.2, 0) is 0 Å². The Morgan fingerprint density at radius 1 is 1.09 bits per heavy atom. The number of fused-ring (bicyclic) bond motifs is 1. The molecule has 4 aromatic rings. The quantitative estimate of drug-likeness (QED) is 0.528. The molecule has 0 aliphatic carbocycles. The van der Waals surface area contributed by atoms with Crippen LogP contribution in [0.4, 0.5) is 0 Å². The molecule has 0 spiro atoms. The van der Waals surface area contributed by atoms with Crippen LogP contribution in [0.3, 0.4) is 0 Å². The third kappa shape index (κ3) is 2.65. The summed E-state index contributed by atoms with van der Waals surface area (Å²) >= 11 is 9.01. The van der Waals surface area contributed by atoms with Crippen LogP contribution < -0.4 is 0 Å². The monoisotopic (exact) mass is 361 g/mol. The Morgan fingerprint density at radius 3 is 2.57 bits per heavy atom. The van der Waals surface area contributed by atoms with E-state index in [0.717, 1.165) is 26.2 Å². The van der Waals surface area contributed by atoms with Crippen LogP contribution in [0.15, 0.2) is 29.6 Å². The number of halogens is 1. The molecular formula is C15H12ClN5S2. The first-order valence-corrected chi connectivity index (χ1v) is 9.13. The summed E-state index contributed by atoms with van der Waals surface area (Å²) in [6.07, 6.45) is 0. The van der Waals surface area contributed by atoms with Crippen molar-refractivity contribution in [1.29, 1.82) is 0 Å². The zero-order valence-corrected chi connectivity index (χ0v) is 14.8. The Bertz CT molecular complexity index is 968. The van der Waals surface area contributed by atoms with Gasteiger partial charge in [-0.3, -0.25) is 0 Å². The first-order valence-electron chi connectivity index (χ1n) is 7.06. The summed E-state index contributed by atoms with van der Waals surface area (Å²) in [6, 6.07) is 7.62. The SMILES string of the molecule is CC(C)c1csc(-c2nnc3sc(-c4ccc(Cl)cc4)nn23)n1. The van der Waals surface area contributed by atoms with E-state index >= 15 is 0 Å². The highest BCUT2D eigenvalue weighted by molar-refractivity contribution is 7.19. The Kier molecular flexibility index (Phi) is 3.63. The van der Waals surface area contributed by atoms with Gasteiger partial charge in [0.15, 0.2) is 5.01 Å². The fourth-order valence-corrected chi connectivity index (χ4v) is 4.03. The second-order valence-electron chi connectivity index (χ2n) is 5.36. The Balaban J connectivity index is 1.78. The van der Waals surface area contributed by atoms with Gasteiger partial charge in [0.25, 0.3) is 0 Å². The van der Waals surface area contributed by atoms with E-state index in [1.165, 1.54) is 11.3 Å². The van der Waals surface area contributed by atoms with Crippen molar-refractivity contribution in [3.8, 4) is 21.4 Å². The molecule has 0 N–H and O–H groups in total. The minimum absolute atomic E-state index is 0.392. The molecule has 3 heterocycles. The lowest BCUT2D eigenvalue weighted by Gasteiger charge is -1.96. The van der Waals surface area contributed by atoms with Crippen LogP contribution in [0.25, 0.3) is 26.4 Å². The third-order valence-electron chi connectivity index (χ3n) is 3.39. The van der Waals surface area contributed by atoms with Gasteiger partial charge in [-0.05, 0) is 18.1 Å². The molecule has 3 aromatic heterocycles. The summed E-state index contributed by atoms with van der Waals surface area (Å²) in [5.74, 6) is 1.08. The van der Waals surface area contributed by atoms with Crippen molar-refractivity contribution in [3.05, 3.63) is 40.4 Å². The lowest BCUT2D eigenvalue weighted by atomic mass is 10.2. The van der Waals surface area contributed by atoms with Crippen LogP contribution >= 0.6 is 34.3 Å². The molecule has 0 fully saturated rings. The summed E-state index contributed by atoms with van der Waals surface area (Å²) in [5.41, 5.74) is 2.08. The van der Waals surface area contributed by atoms with Gasteiger partial charge in [-0.25, -0.2) is 4.98 Å². The van der Waals surface area contributed by atoms with Gasteiger partial charge in [-0.2, -0.15) is 9.61 Å². The zero-order chi connectivity index (χ0) is 16.0. The molecule has 23 heavy (non-hydrogen) atoms. The Hall–Kier alpha value is -1.83. The van der Waals surface area contributed by atoms with Gasteiger partial charge in [0.1, 0.15) is 5.01 Å². The van der Waals surface area contributed by atoms with E-state index in [1.807, 2.05) is 24.3 Å². The van der Waals surface area contributed by atoms with Crippen molar-refractivity contribution in [2.75, 3.05) is 0 Å². The molecule has 5 nitrogen and oxygen atoms in total. The number of benzene rings is 1. The number of hydrogen-bond acceptors (Lipinski definition) is 6. The van der Waals surface area contributed by atoms with Crippen LogP contribution in [0, 0.1) is 0 Å². The fraction of sp³-hybridized carbons (Fsp3) is 0.200. The molecule has 116 valence electrons. The summed E-state index contributed by atoms with van der Waals surface area (Å²) in [5, 5.41) is 17.6. The first kappa shape index (κ1) is 14.7. The van der Waals surface area contributed by atoms with Gasteiger partial charge in [0.2, 0.25) is 10.8 Å². The molecule has 4 rings (SSSR count). The van der Waals surface area contributed by atoms with Gasteiger partial charge in [-0.1, -0.05) is 48.9 Å². The molecule has 0 aliphatic heterocycles. The summed E-state index contributed by atoms with van der Waals surface area (Å²) in [6.45, 7) is 4.25. The van der Waals surface area contributed by atoms with Crippen LogP contribution in [0.5, 0.6) is 0 Å². The molecule has 1 aromatic carbocycles. The van der Waals surface area contributed by atoms with Crippen LogP contribution in [0.2, 0.25) is 5.02 Å². The minimum atomic E-state index is 0.392. The van der Waals surface area contributed by atoms with E-state index in [4.69, 9.17) is 11.6 Å². The van der Waals surface area contributed by atoms with E-state index in [-0.39, 0.29) is 0 Å². The van der Waals surface area contributed by atoms with E-state index < -0.39 is 0 Å². The molecule has 0 saturated carbocycles. The maximum atomic E-state index is 5.94. The van der Waals surface area contributed by atoms with Crippen molar-refractivity contribution < 1.29 is 0 Å². The fourth-order valence-electron chi connectivity index (χ4n) is 2.11. The number of nitrogens with zero attached hydrogens (tertiary/aromatic N) is 5. The molecule has 0 radical (unpaired) electrons. The molecule has 0 atom stereocenters. The standard InChI is InChI=1S/C15H12ClN5S2/c1-8(2)11-7-22-14(17-11)12-18-19-15-21(12)20-13(23-15)9-3-5-10(16)6-4-9/h3-8H,1-2H3. The summed E-state index contributed by atoms with van der Waals surface area (Å²) in [4.78, 5) is 5.39. The predicted octanol–water partition coefficient (Wildman–Crippen LogP) is 4.75. The van der Waals surface area contributed by atoms with Crippen LogP contribution in [-0.4, -0.2) is 24.8 Å². The largest absolute Gasteiger partial charge is 0.237 e. The van der Waals surface area contributed by atoms with Gasteiger partial charge in [-0.15, -0.1) is 21.5 Å². The van der Waals surface area contributed by atoms with Gasteiger partial charge < -0.3 is 0 Å². The maximum absolute atomic E-state index is 5.94. The minimum Gasteiger partial charge on any atom is -0.237 e. The van der Waals surface area contributed by atoms with Crippen molar-refractivity contribution in [2.24, 2.45) is 0 Å². The number of rotatable bonds is 3. The van der Waals surface area contributed by atoms with E-state index in [9.17, 15) is 0 Å². The van der Waals surface area contributed by atoms with Crippen molar-refractivity contribution >= 4 is 39.2 Å². The number of thiazole rings is 1. The average Bonchev–Trinajstić information content (AvgIpc) is 3.22. The Labute approximate surface area is 145 Å². The van der Waals surface area contributed by atoms with Crippen molar-refractivity contribution in [1.82, 2.24) is 24.8 Å². The number of hydrogen-bond donors (Lipinski definition) is 0. The molecule has 0 unspecified atom stereocenters. The highest BCUT2D eigenvalue weighted by atomic mass is 35.5. The highest BCUT2D eigenvalue weighted by Gasteiger charge is 2.17.